The van der Waals surface area contributed by atoms with Crippen molar-refractivity contribution in [3.8, 4) is 5.75 Å². The number of carbonyl (C=O) groups is 3. The summed E-state index contributed by atoms with van der Waals surface area (Å²) < 4.78 is 10.1. The van der Waals surface area contributed by atoms with Crippen molar-refractivity contribution in [1.82, 2.24) is 0 Å². The van der Waals surface area contributed by atoms with Gasteiger partial charge >= 0.3 is 5.97 Å². The van der Waals surface area contributed by atoms with Crippen molar-refractivity contribution in [3.05, 3.63) is 23.2 Å². The number of halogens is 1. The van der Waals surface area contributed by atoms with E-state index in [9.17, 15) is 14.4 Å². The molecule has 0 fully saturated rings. The summed E-state index contributed by atoms with van der Waals surface area (Å²) in [5.41, 5.74) is 0.381. The van der Waals surface area contributed by atoms with Crippen molar-refractivity contribution >= 4 is 34.9 Å². The predicted octanol–water partition coefficient (Wildman–Crippen LogP) is 2.59. The van der Waals surface area contributed by atoms with E-state index in [4.69, 9.17) is 21.1 Å². The first-order chi connectivity index (χ1) is 10.3. The molecule has 0 bridgehead atoms. The normalized spacial score (nSPS) is 11.5. The van der Waals surface area contributed by atoms with Gasteiger partial charge in [-0.25, -0.2) is 0 Å². The molecule has 0 radical (unpaired) electrons. The molecule has 7 heteroatoms. The molecule has 1 aromatic rings. The maximum absolute atomic E-state index is 12.0. The van der Waals surface area contributed by atoms with Crippen LogP contribution in [0.15, 0.2) is 18.2 Å². The van der Waals surface area contributed by atoms with Gasteiger partial charge in [0.15, 0.2) is 6.10 Å². The van der Waals surface area contributed by atoms with Gasteiger partial charge in [0.05, 0.1) is 19.2 Å². The molecular formula is C15H18ClNO5. The fourth-order valence-electron chi connectivity index (χ4n) is 1.60. The fraction of sp³-hybridized carbons (Fsp3) is 0.400. The molecule has 6 nitrogen and oxygen atoms in total. The standard InChI is InChI=1S/C15H18ClNO5/c1-9(18)4-7-14(19)22-10(2)15(20)17-12-8-11(16)5-6-13(12)21-3/h5-6,8,10H,4,7H2,1-3H3,(H,17,20)/t10-/m0/s1. The largest absolute Gasteiger partial charge is 0.495 e. The van der Waals surface area contributed by atoms with Crippen LogP contribution in [0.4, 0.5) is 5.69 Å². The van der Waals surface area contributed by atoms with Gasteiger partial charge in [-0.15, -0.1) is 0 Å². The van der Waals surface area contributed by atoms with E-state index in [1.54, 1.807) is 12.1 Å². The van der Waals surface area contributed by atoms with E-state index in [2.05, 4.69) is 5.32 Å². The zero-order chi connectivity index (χ0) is 16.7. The molecular weight excluding hydrogens is 310 g/mol. The Morgan fingerprint density at radius 2 is 1.95 bits per heavy atom. The lowest BCUT2D eigenvalue weighted by molar-refractivity contribution is -0.153. The summed E-state index contributed by atoms with van der Waals surface area (Å²) in [5.74, 6) is -0.793. The monoisotopic (exact) mass is 327 g/mol. The van der Waals surface area contributed by atoms with E-state index in [-0.39, 0.29) is 18.6 Å². The number of hydrogen-bond acceptors (Lipinski definition) is 5. The lowest BCUT2D eigenvalue weighted by Gasteiger charge is -2.15. The zero-order valence-electron chi connectivity index (χ0n) is 12.6. The van der Waals surface area contributed by atoms with E-state index in [1.165, 1.54) is 27.0 Å². The SMILES string of the molecule is COc1ccc(Cl)cc1NC(=O)[C@H](C)OC(=O)CCC(C)=O. The summed E-state index contributed by atoms with van der Waals surface area (Å²) in [6.45, 7) is 2.83. The molecule has 22 heavy (non-hydrogen) atoms. The molecule has 120 valence electrons. The minimum absolute atomic E-state index is 0.0482. The van der Waals surface area contributed by atoms with E-state index in [0.717, 1.165) is 0 Å². The molecule has 0 saturated heterocycles. The van der Waals surface area contributed by atoms with E-state index >= 15 is 0 Å². The van der Waals surface area contributed by atoms with Crippen molar-refractivity contribution in [2.75, 3.05) is 12.4 Å². The molecule has 0 aliphatic heterocycles. The molecule has 0 unspecified atom stereocenters. The quantitative estimate of drug-likeness (QED) is 0.778. The number of benzene rings is 1. The molecule has 0 aromatic heterocycles. The van der Waals surface area contributed by atoms with Crippen LogP contribution in [-0.4, -0.2) is 30.9 Å². The van der Waals surface area contributed by atoms with Crippen molar-refractivity contribution in [3.63, 3.8) is 0 Å². The van der Waals surface area contributed by atoms with Crippen molar-refractivity contribution < 1.29 is 23.9 Å². The molecule has 0 aliphatic rings. The van der Waals surface area contributed by atoms with Crippen LogP contribution in [0.5, 0.6) is 5.75 Å². The lowest BCUT2D eigenvalue weighted by Crippen LogP contribution is -2.30. The van der Waals surface area contributed by atoms with Crippen molar-refractivity contribution in [1.29, 1.82) is 0 Å². The van der Waals surface area contributed by atoms with Crippen LogP contribution >= 0.6 is 11.6 Å². The first-order valence-corrected chi connectivity index (χ1v) is 7.04. The van der Waals surface area contributed by atoms with Crippen molar-refractivity contribution in [2.24, 2.45) is 0 Å². The Hall–Kier alpha value is -2.08. The molecule has 1 amide bonds. The van der Waals surface area contributed by atoms with Crippen LogP contribution in [0.1, 0.15) is 26.7 Å². The average molecular weight is 328 g/mol. The van der Waals surface area contributed by atoms with Gasteiger partial charge in [-0.3, -0.25) is 9.59 Å². The topological polar surface area (TPSA) is 81.7 Å². The molecule has 1 rings (SSSR count). The van der Waals surface area contributed by atoms with Crippen LogP contribution in [0, 0.1) is 0 Å². The maximum atomic E-state index is 12.0. The minimum Gasteiger partial charge on any atom is -0.495 e. The Bertz CT molecular complexity index is 573. The van der Waals surface area contributed by atoms with Crippen LogP contribution < -0.4 is 10.1 Å². The number of ether oxygens (including phenoxy) is 2. The number of hydrogen-bond donors (Lipinski definition) is 1. The zero-order valence-corrected chi connectivity index (χ0v) is 13.4. The highest BCUT2D eigenvalue weighted by atomic mass is 35.5. The van der Waals surface area contributed by atoms with E-state index in [1.807, 2.05) is 0 Å². The molecule has 0 saturated carbocycles. The molecule has 1 atom stereocenters. The Kier molecular flexibility index (Phi) is 6.85. The number of anilines is 1. The van der Waals surface area contributed by atoms with E-state index < -0.39 is 18.0 Å². The van der Waals surface area contributed by atoms with Gasteiger partial charge in [-0.2, -0.15) is 0 Å². The first-order valence-electron chi connectivity index (χ1n) is 6.66. The second kappa shape index (κ2) is 8.38. The van der Waals surface area contributed by atoms with Crippen molar-refractivity contribution in [2.45, 2.75) is 32.8 Å². The smallest absolute Gasteiger partial charge is 0.307 e. The third kappa shape index (κ3) is 5.73. The summed E-state index contributed by atoms with van der Waals surface area (Å²) in [6.07, 6.45) is -0.953. The number of Topliss-reactive ketones (excluding diaryl/α,β-unsaturated/α-hetero) is 1. The second-order valence-corrected chi connectivity index (χ2v) is 5.10. The summed E-state index contributed by atoms with van der Waals surface area (Å²) >= 11 is 5.87. The number of esters is 1. The summed E-state index contributed by atoms with van der Waals surface area (Å²) in [7, 11) is 1.46. The Morgan fingerprint density at radius 3 is 2.55 bits per heavy atom. The number of nitrogens with one attached hydrogen (secondary N) is 1. The van der Waals surface area contributed by atoms with Crippen LogP contribution in [0.3, 0.4) is 0 Å². The maximum Gasteiger partial charge on any atom is 0.307 e. The number of methoxy groups -OCH3 is 1. The Labute approximate surface area is 133 Å². The third-order valence-electron chi connectivity index (χ3n) is 2.78. The molecule has 1 N–H and O–H groups in total. The summed E-state index contributed by atoms with van der Waals surface area (Å²) in [4.78, 5) is 34.3. The molecule has 1 aromatic carbocycles. The number of carbonyl (C=O) groups excluding carboxylic acids is 3. The van der Waals surface area contributed by atoms with E-state index in [0.29, 0.717) is 16.5 Å². The van der Waals surface area contributed by atoms with Crippen LogP contribution in [0.2, 0.25) is 5.02 Å². The highest BCUT2D eigenvalue weighted by Gasteiger charge is 2.19. The van der Waals surface area contributed by atoms with Crippen LogP contribution in [-0.2, 0) is 19.1 Å². The summed E-state index contributed by atoms with van der Waals surface area (Å²) in [5, 5.41) is 3.01. The van der Waals surface area contributed by atoms with Gasteiger partial charge < -0.3 is 19.6 Å². The van der Waals surface area contributed by atoms with Gasteiger partial charge in [-0.05, 0) is 32.0 Å². The number of ketones is 1. The summed E-state index contributed by atoms with van der Waals surface area (Å²) in [6, 6.07) is 4.77. The fourth-order valence-corrected chi connectivity index (χ4v) is 1.77. The van der Waals surface area contributed by atoms with Gasteiger partial charge in [-0.1, -0.05) is 11.6 Å². The van der Waals surface area contributed by atoms with Crippen LogP contribution in [0.25, 0.3) is 0 Å². The Morgan fingerprint density at radius 1 is 1.27 bits per heavy atom. The third-order valence-corrected chi connectivity index (χ3v) is 3.01. The highest BCUT2D eigenvalue weighted by Crippen LogP contribution is 2.27. The van der Waals surface area contributed by atoms with Gasteiger partial charge in [0.2, 0.25) is 0 Å². The van der Waals surface area contributed by atoms with Gasteiger partial charge in [0.1, 0.15) is 11.5 Å². The number of rotatable bonds is 7. The van der Waals surface area contributed by atoms with Gasteiger partial charge in [0, 0.05) is 11.4 Å². The Balaban J connectivity index is 2.62. The first kappa shape index (κ1) is 18.0. The number of amides is 1. The molecule has 0 heterocycles. The second-order valence-electron chi connectivity index (χ2n) is 4.67. The highest BCUT2D eigenvalue weighted by molar-refractivity contribution is 6.31. The molecule has 0 aliphatic carbocycles. The lowest BCUT2D eigenvalue weighted by atomic mass is 10.2. The average Bonchev–Trinajstić information content (AvgIpc) is 2.45. The minimum atomic E-state index is -0.997. The predicted molar refractivity (Wildman–Crippen MR) is 82.1 cm³/mol. The molecule has 0 spiro atoms. The van der Waals surface area contributed by atoms with Gasteiger partial charge in [0.25, 0.3) is 5.91 Å².